The first kappa shape index (κ1) is 20.5. The number of H-pyrrole nitrogens is 1. The molecule has 1 fully saturated rings. The predicted molar refractivity (Wildman–Crippen MR) is 128 cm³/mol. The van der Waals surface area contributed by atoms with E-state index in [1.54, 1.807) is 0 Å². The standard InChI is InChI=1S/C26H24N6O2/c1-15-22-23(17-7-9-18(10-8-17)26(33)34)29-24-20(14-28-32(24)25(22)31-30-15)19-11-12-21(27-13-19)16-5-3-2-4-6-16/h2-6,11-14,17-18H,7-10H2,1H3,(H,30,31)(H,33,34)/t17-,18-. The summed E-state index contributed by atoms with van der Waals surface area (Å²) in [6.07, 6.45) is 6.63. The van der Waals surface area contributed by atoms with Gasteiger partial charge in [0.1, 0.15) is 0 Å². The minimum Gasteiger partial charge on any atom is -0.481 e. The van der Waals surface area contributed by atoms with Crippen LogP contribution in [0.25, 0.3) is 39.1 Å². The molecule has 0 aliphatic heterocycles. The quantitative estimate of drug-likeness (QED) is 0.397. The number of fused-ring (bicyclic) bond motifs is 3. The molecule has 0 amide bonds. The molecule has 4 heterocycles. The fraction of sp³-hybridized carbons (Fsp3) is 0.269. The van der Waals surface area contributed by atoms with E-state index in [2.05, 4.69) is 20.3 Å². The fourth-order valence-electron chi connectivity index (χ4n) is 5.11. The largest absolute Gasteiger partial charge is 0.481 e. The maximum Gasteiger partial charge on any atom is 0.306 e. The first-order valence-electron chi connectivity index (χ1n) is 11.6. The lowest BCUT2D eigenvalue weighted by molar-refractivity contribution is -0.142. The number of hydrogen-bond donors (Lipinski definition) is 2. The van der Waals surface area contributed by atoms with Crippen molar-refractivity contribution in [3.8, 4) is 22.4 Å². The molecule has 1 saturated carbocycles. The average Bonchev–Trinajstić information content (AvgIpc) is 3.48. The van der Waals surface area contributed by atoms with Gasteiger partial charge in [0.15, 0.2) is 11.3 Å². The highest BCUT2D eigenvalue weighted by atomic mass is 16.4. The normalized spacial score (nSPS) is 18.5. The molecule has 2 N–H and O–H groups in total. The number of rotatable bonds is 4. The Morgan fingerprint density at radius 2 is 1.82 bits per heavy atom. The van der Waals surface area contributed by atoms with Crippen LogP contribution < -0.4 is 0 Å². The molecule has 0 spiro atoms. The van der Waals surface area contributed by atoms with Crippen molar-refractivity contribution >= 4 is 22.6 Å². The van der Waals surface area contributed by atoms with E-state index >= 15 is 0 Å². The third-order valence-corrected chi connectivity index (χ3v) is 6.97. The number of aromatic amines is 1. The molecule has 8 nitrogen and oxygen atoms in total. The number of aryl methyl sites for hydroxylation is 1. The number of nitrogens with zero attached hydrogens (tertiary/aromatic N) is 5. The highest BCUT2D eigenvalue weighted by Gasteiger charge is 2.30. The lowest BCUT2D eigenvalue weighted by atomic mass is 9.79. The second-order valence-corrected chi connectivity index (χ2v) is 9.01. The zero-order chi connectivity index (χ0) is 23.2. The Bertz CT molecular complexity index is 1500. The number of nitrogens with one attached hydrogen (secondary N) is 1. The Labute approximate surface area is 195 Å². The second-order valence-electron chi connectivity index (χ2n) is 9.01. The van der Waals surface area contributed by atoms with E-state index in [4.69, 9.17) is 4.98 Å². The van der Waals surface area contributed by atoms with Crippen molar-refractivity contribution in [1.82, 2.24) is 29.8 Å². The molecule has 4 aromatic heterocycles. The van der Waals surface area contributed by atoms with Gasteiger partial charge in [0.25, 0.3) is 0 Å². The molecule has 1 aromatic carbocycles. The van der Waals surface area contributed by atoms with Gasteiger partial charge in [0.05, 0.1) is 34.6 Å². The number of benzene rings is 1. The van der Waals surface area contributed by atoms with E-state index in [9.17, 15) is 9.90 Å². The highest BCUT2D eigenvalue weighted by Crippen LogP contribution is 2.39. The van der Waals surface area contributed by atoms with Gasteiger partial charge in [0, 0.05) is 28.8 Å². The summed E-state index contributed by atoms with van der Waals surface area (Å²) in [5.41, 5.74) is 7.26. The van der Waals surface area contributed by atoms with Gasteiger partial charge in [-0.15, -0.1) is 0 Å². The van der Waals surface area contributed by atoms with E-state index in [0.717, 1.165) is 63.3 Å². The minimum atomic E-state index is -0.698. The van der Waals surface area contributed by atoms with E-state index in [1.165, 1.54) is 0 Å². The first-order chi connectivity index (χ1) is 16.6. The van der Waals surface area contributed by atoms with Crippen LogP contribution in [0, 0.1) is 12.8 Å². The smallest absolute Gasteiger partial charge is 0.306 e. The fourth-order valence-corrected chi connectivity index (χ4v) is 5.11. The minimum absolute atomic E-state index is 0.195. The summed E-state index contributed by atoms with van der Waals surface area (Å²) in [5.74, 6) is -0.766. The molecule has 1 aliphatic rings. The van der Waals surface area contributed by atoms with E-state index < -0.39 is 5.97 Å². The Hall–Kier alpha value is -4.07. The molecule has 0 unspecified atom stereocenters. The summed E-state index contributed by atoms with van der Waals surface area (Å²) in [4.78, 5) is 21.2. The molecule has 8 heteroatoms. The number of carboxylic acids is 1. The van der Waals surface area contributed by atoms with Crippen molar-refractivity contribution < 1.29 is 9.90 Å². The van der Waals surface area contributed by atoms with Gasteiger partial charge < -0.3 is 5.11 Å². The summed E-state index contributed by atoms with van der Waals surface area (Å²) >= 11 is 0. The van der Waals surface area contributed by atoms with Crippen molar-refractivity contribution in [2.45, 2.75) is 38.5 Å². The van der Waals surface area contributed by atoms with Gasteiger partial charge in [0.2, 0.25) is 0 Å². The van der Waals surface area contributed by atoms with Crippen molar-refractivity contribution in [2.24, 2.45) is 5.92 Å². The molecule has 0 radical (unpaired) electrons. The number of aliphatic carboxylic acids is 1. The number of carbonyl (C=O) groups is 1. The second kappa shape index (κ2) is 8.06. The first-order valence-corrected chi connectivity index (χ1v) is 11.6. The van der Waals surface area contributed by atoms with Crippen LogP contribution in [-0.4, -0.2) is 40.9 Å². The summed E-state index contributed by atoms with van der Waals surface area (Å²) in [7, 11) is 0. The molecule has 0 atom stereocenters. The van der Waals surface area contributed by atoms with Gasteiger partial charge in [-0.25, -0.2) is 4.98 Å². The van der Waals surface area contributed by atoms with E-state index in [-0.39, 0.29) is 11.8 Å². The summed E-state index contributed by atoms with van der Waals surface area (Å²) in [6, 6.07) is 14.1. The summed E-state index contributed by atoms with van der Waals surface area (Å²) in [6.45, 7) is 1.97. The number of pyridine rings is 1. The average molecular weight is 453 g/mol. The molecule has 170 valence electrons. The molecular formula is C26H24N6O2. The number of aromatic nitrogens is 6. The monoisotopic (exact) mass is 452 g/mol. The van der Waals surface area contributed by atoms with E-state index in [0.29, 0.717) is 12.8 Å². The number of hydrogen-bond acceptors (Lipinski definition) is 5. The zero-order valence-corrected chi connectivity index (χ0v) is 18.8. The van der Waals surface area contributed by atoms with Gasteiger partial charge >= 0.3 is 5.97 Å². The van der Waals surface area contributed by atoms with Crippen molar-refractivity contribution in [3.05, 3.63) is 66.2 Å². The molecule has 0 bridgehead atoms. The predicted octanol–water partition coefficient (Wildman–Crippen LogP) is 5.00. The van der Waals surface area contributed by atoms with Gasteiger partial charge in [-0.1, -0.05) is 36.4 Å². The van der Waals surface area contributed by atoms with Crippen LogP contribution in [0.3, 0.4) is 0 Å². The maximum atomic E-state index is 11.4. The Morgan fingerprint density at radius 3 is 2.53 bits per heavy atom. The molecular weight excluding hydrogens is 428 g/mol. The zero-order valence-electron chi connectivity index (χ0n) is 18.8. The van der Waals surface area contributed by atoms with Crippen molar-refractivity contribution in [2.75, 3.05) is 0 Å². The lowest BCUT2D eigenvalue weighted by Crippen LogP contribution is -2.21. The molecule has 0 saturated heterocycles. The third-order valence-electron chi connectivity index (χ3n) is 6.97. The third kappa shape index (κ3) is 3.34. The van der Waals surface area contributed by atoms with Crippen molar-refractivity contribution in [1.29, 1.82) is 0 Å². The van der Waals surface area contributed by atoms with Gasteiger partial charge in [-0.3, -0.25) is 14.9 Å². The van der Waals surface area contributed by atoms with Gasteiger partial charge in [-0.2, -0.15) is 14.7 Å². The van der Waals surface area contributed by atoms with Crippen LogP contribution in [0.5, 0.6) is 0 Å². The Balaban J connectivity index is 1.43. The van der Waals surface area contributed by atoms with Crippen LogP contribution in [0.1, 0.15) is 43.0 Å². The van der Waals surface area contributed by atoms with Crippen LogP contribution >= 0.6 is 0 Å². The number of carboxylic acid groups (broad SMARTS) is 1. The maximum absolute atomic E-state index is 11.4. The SMILES string of the molecule is Cc1n[nH]c2c1c([C@H]1CC[C@H](C(=O)O)CC1)nc1c(-c3ccc(-c4ccccc4)nc3)cnn12. The van der Waals surface area contributed by atoms with Gasteiger partial charge in [-0.05, 0) is 38.7 Å². The molecule has 34 heavy (non-hydrogen) atoms. The summed E-state index contributed by atoms with van der Waals surface area (Å²) in [5, 5.41) is 22.6. The van der Waals surface area contributed by atoms with Crippen LogP contribution in [0.2, 0.25) is 0 Å². The topological polar surface area (TPSA) is 109 Å². The lowest BCUT2D eigenvalue weighted by Gasteiger charge is -2.26. The Kier molecular flexibility index (Phi) is 4.86. The summed E-state index contributed by atoms with van der Waals surface area (Å²) < 4.78 is 1.81. The molecule has 1 aliphatic carbocycles. The van der Waals surface area contributed by atoms with Crippen LogP contribution in [0.15, 0.2) is 54.9 Å². The molecule has 6 rings (SSSR count). The van der Waals surface area contributed by atoms with Crippen molar-refractivity contribution in [3.63, 3.8) is 0 Å². The van der Waals surface area contributed by atoms with Crippen LogP contribution in [0.4, 0.5) is 0 Å². The van der Waals surface area contributed by atoms with Crippen LogP contribution in [-0.2, 0) is 4.79 Å². The van der Waals surface area contributed by atoms with E-state index in [1.807, 2.05) is 66.3 Å². The molecule has 5 aromatic rings. The Morgan fingerprint density at radius 1 is 1.03 bits per heavy atom. The highest BCUT2D eigenvalue weighted by molar-refractivity contribution is 5.87.